The maximum Gasteiger partial charge on any atom is 0.0991 e. The molecule has 0 radical (unpaired) electrons. The lowest BCUT2D eigenvalue weighted by Gasteiger charge is -2.09. The second kappa shape index (κ2) is 12.4. The van der Waals surface area contributed by atoms with Gasteiger partial charge in [-0.15, -0.1) is 22.7 Å². The third-order valence-electron chi connectivity index (χ3n) is 11.8. The van der Waals surface area contributed by atoms with Gasteiger partial charge >= 0.3 is 0 Å². The zero-order chi connectivity index (χ0) is 39.5. The lowest BCUT2D eigenvalue weighted by Crippen LogP contribution is -1.93. The molecule has 272 valence electrons. The fourth-order valence-corrected chi connectivity index (χ4v) is 11.2. The Hall–Kier alpha value is -7.73. The first-order valence-corrected chi connectivity index (χ1v) is 20.9. The molecule has 12 rings (SSSR count). The van der Waals surface area contributed by atoms with E-state index in [0.717, 1.165) is 60.5 Å². The van der Waals surface area contributed by atoms with E-state index in [4.69, 9.17) is 0 Å². The molecule has 0 aliphatic heterocycles. The van der Waals surface area contributed by atoms with Crippen molar-refractivity contribution in [2.24, 2.45) is 0 Å². The lowest BCUT2D eigenvalue weighted by molar-refractivity contribution is 1.18. The van der Waals surface area contributed by atoms with Gasteiger partial charge in [0.1, 0.15) is 0 Å². The smallest absolute Gasteiger partial charge is 0.0991 e. The molecule has 0 N–H and O–H groups in total. The van der Waals surface area contributed by atoms with Crippen LogP contribution >= 0.6 is 22.7 Å². The summed E-state index contributed by atoms with van der Waals surface area (Å²) < 4.78 is 9.52. The Morgan fingerprint density at radius 1 is 0.356 bits per heavy atom. The van der Waals surface area contributed by atoms with Crippen LogP contribution in [0, 0.1) is 40.9 Å². The zero-order valence-electron chi connectivity index (χ0n) is 31.4. The predicted octanol–water partition coefficient (Wildman–Crippen LogP) is 14.2. The third kappa shape index (κ3) is 4.92. The number of benzene rings is 8. The van der Waals surface area contributed by atoms with Gasteiger partial charge in [0.2, 0.25) is 0 Å². The molecule has 0 bridgehead atoms. The molecule has 0 unspecified atom stereocenters. The van der Waals surface area contributed by atoms with Crippen molar-refractivity contribution in [3.8, 4) is 40.7 Å². The highest BCUT2D eigenvalue weighted by Gasteiger charge is 2.18. The Morgan fingerprint density at radius 3 is 1.12 bits per heavy atom. The fourth-order valence-electron chi connectivity index (χ4n) is 9.09. The normalized spacial score (nSPS) is 11.8. The van der Waals surface area contributed by atoms with Crippen molar-refractivity contribution in [2.45, 2.75) is 6.92 Å². The molecule has 0 atom stereocenters. The van der Waals surface area contributed by atoms with Crippen molar-refractivity contribution in [3.63, 3.8) is 0 Å². The minimum atomic E-state index is 0.592. The van der Waals surface area contributed by atoms with E-state index in [1.165, 1.54) is 51.5 Å². The molecule has 7 heteroatoms. The first-order chi connectivity index (χ1) is 29.0. The van der Waals surface area contributed by atoms with E-state index >= 15 is 0 Å². The summed E-state index contributed by atoms with van der Waals surface area (Å²) in [5.74, 6) is 0. The van der Waals surface area contributed by atoms with Crippen LogP contribution in [0.3, 0.4) is 0 Å². The van der Waals surface area contributed by atoms with E-state index in [1.807, 2.05) is 59.9 Å². The largest absolute Gasteiger partial charge is 0.309 e. The number of aromatic nitrogens is 2. The zero-order valence-corrected chi connectivity index (χ0v) is 33.0. The maximum atomic E-state index is 9.70. The number of rotatable bonds is 3. The van der Waals surface area contributed by atoms with Gasteiger partial charge in [-0.2, -0.15) is 15.8 Å². The van der Waals surface area contributed by atoms with Gasteiger partial charge in [0, 0.05) is 73.3 Å². The van der Waals surface area contributed by atoms with Crippen LogP contribution < -0.4 is 0 Å². The molecule has 0 aliphatic carbocycles. The molecule has 0 amide bonds. The number of nitriles is 3. The molecule has 59 heavy (non-hydrogen) atoms. The minimum Gasteiger partial charge on any atom is -0.309 e. The van der Waals surface area contributed by atoms with E-state index < -0.39 is 0 Å². The van der Waals surface area contributed by atoms with Gasteiger partial charge < -0.3 is 9.13 Å². The number of aryl methyl sites for hydroxylation is 1. The number of fused-ring (bicyclic) bond motifs is 12. The first kappa shape index (κ1) is 33.4. The Morgan fingerprint density at radius 2 is 0.712 bits per heavy atom. The van der Waals surface area contributed by atoms with Crippen LogP contribution in [-0.4, -0.2) is 9.13 Å². The summed E-state index contributed by atoms with van der Waals surface area (Å²) in [6.07, 6.45) is 0. The van der Waals surface area contributed by atoms with Crippen LogP contribution in [0.15, 0.2) is 146 Å². The summed E-state index contributed by atoms with van der Waals surface area (Å²) in [7, 11) is 0. The van der Waals surface area contributed by atoms with E-state index in [1.54, 1.807) is 11.3 Å². The third-order valence-corrected chi connectivity index (χ3v) is 14.1. The molecule has 0 aliphatic rings. The molecule has 5 nitrogen and oxygen atoms in total. The van der Waals surface area contributed by atoms with Crippen molar-refractivity contribution in [1.29, 1.82) is 15.8 Å². The summed E-state index contributed by atoms with van der Waals surface area (Å²) in [6, 6.07) is 58.1. The van der Waals surface area contributed by atoms with Gasteiger partial charge in [0.15, 0.2) is 0 Å². The Bertz CT molecular complexity index is 3890. The van der Waals surface area contributed by atoms with Crippen molar-refractivity contribution >= 4 is 107 Å². The number of hydrogen-bond acceptors (Lipinski definition) is 5. The highest BCUT2D eigenvalue weighted by molar-refractivity contribution is 7.26. The molecular weight excluding hydrogens is 759 g/mol. The van der Waals surface area contributed by atoms with Gasteiger partial charge in [-0.05, 0) is 145 Å². The predicted molar refractivity (Wildman–Crippen MR) is 245 cm³/mol. The Labute approximate surface area is 345 Å². The molecule has 0 spiro atoms. The van der Waals surface area contributed by atoms with Crippen molar-refractivity contribution in [3.05, 3.63) is 168 Å². The van der Waals surface area contributed by atoms with Gasteiger partial charge in [0.05, 0.1) is 57.0 Å². The molecular formula is C52H27N5S2. The lowest BCUT2D eigenvalue weighted by atomic mass is 10.0. The van der Waals surface area contributed by atoms with Crippen LogP contribution in [0.2, 0.25) is 0 Å². The van der Waals surface area contributed by atoms with E-state index in [2.05, 4.69) is 131 Å². The van der Waals surface area contributed by atoms with Crippen LogP contribution in [-0.2, 0) is 0 Å². The minimum absolute atomic E-state index is 0.592. The molecule has 0 fully saturated rings. The van der Waals surface area contributed by atoms with E-state index in [0.29, 0.717) is 16.7 Å². The van der Waals surface area contributed by atoms with Gasteiger partial charge in [-0.3, -0.25) is 0 Å². The second-order valence-electron chi connectivity index (χ2n) is 15.2. The van der Waals surface area contributed by atoms with E-state index in [-0.39, 0.29) is 0 Å². The van der Waals surface area contributed by atoms with Crippen molar-refractivity contribution in [1.82, 2.24) is 9.13 Å². The SMILES string of the molecule is Cc1ccc2c(c1)c1cc(C#N)ccc1n2-c1ccc2sc3ccc(-c4ccc5sc6ccc(-n7c8ccc(C#N)cc8c8cc(C#N)ccc87)cc6c5c4)cc3c2c1. The van der Waals surface area contributed by atoms with Crippen LogP contribution in [0.4, 0.5) is 0 Å². The number of nitrogens with zero attached hydrogens (tertiary/aromatic N) is 5. The molecule has 0 saturated carbocycles. The molecule has 4 aromatic heterocycles. The average molecular weight is 786 g/mol. The monoisotopic (exact) mass is 785 g/mol. The standard InChI is InChI=1S/C52H27N5S2/c1-29-2-10-45-37(18-29)38-19-30(26-53)3-11-46(38)56(45)35-8-16-51-43(24-35)41-22-33(6-14-49(41)58-51)34-7-15-50-42(23-34)44-25-36(9-17-52(44)59-50)57-47-12-4-31(27-54)20-39(47)40-21-32(28-55)5-13-48(40)57/h2-25H,1H3. The van der Waals surface area contributed by atoms with E-state index in [9.17, 15) is 15.8 Å². The van der Waals surface area contributed by atoms with Crippen LogP contribution in [0.1, 0.15) is 22.3 Å². The second-order valence-corrected chi connectivity index (χ2v) is 17.4. The van der Waals surface area contributed by atoms with Gasteiger partial charge in [0.25, 0.3) is 0 Å². The Kier molecular flexibility index (Phi) is 7.01. The molecule has 0 saturated heterocycles. The summed E-state index contributed by atoms with van der Waals surface area (Å²) in [4.78, 5) is 0. The van der Waals surface area contributed by atoms with Gasteiger partial charge in [-0.25, -0.2) is 0 Å². The fraction of sp³-hybridized carbons (Fsp3) is 0.0192. The quantitative estimate of drug-likeness (QED) is 0.179. The highest BCUT2D eigenvalue weighted by Crippen LogP contribution is 2.43. The average Bonchev–Trinajstić information content (AvgIpc) is 4.02. The van der Waals surface area contributed by atoms with Crippen LogP contribution in [0.5, 0.6) is 0 Å². The molecule has 4 heterocycles. The molecule has 8 aromatic carbocycles. The van der Waals surface area contributed by atoms with Crippen LogP contribution in [0.25, 0.3) is 106 Å². The summed E-state index contributed by atoms with van der Waals surface area (Å²) in [5, 5.41) is 38.1. The summed E-state index contributed by atoms with van der Waals surface area (Å²) in [6.45, 7) is 2.11. The van der Waals surface area contributed by atoms with Gasteiger partial charge in [-0.1, -0.05) is 23.8 Å². The topological polar surface area (TPSA) is 81.2 Å². The Balaban J connectivity index is 1.00. The van der Waals surface area contributed by atoms with Crippen molar-refractivity contribution < 1.29 is 0 Å². The summed E-state index contributed by atoms with van der Waals surface area (Å²) >= 11 is 3.62. The summed E-state index contributed by atoms with van der Waals surface area (Å²) in [5.41, 5.74) is 11.7. The number of thiophene rings is 2. The highest BCUT2D eigenvalue weighted by atomic mass is 32.1. The maximum absolute atomic E-state index is 9.70. The first-order valence-electron chi connectivity index (χ1n) is 19.2. The molecule has 12 aromatic rings. The number of hydrogen-bond donors (Lipinski definition) is 0. The van der Waals surface area contributed by atoms with Crippen molar-refractivity contribution in [2.75, 3.05) is 0 Å².